The Kier molecular flexibility index (Phi) is 4.23. The Balaban J connectivity index is 1.39. The molecule has 4 fully saturated rings. The van der Waals surface area contributed by atoms with Crippen LogP contribution in [0.15, 0.2) is 0 Å². The fourth-order valence-corrected chi connectivity index (χ4v) is 4.46. The number of hydrogen-bond donors (Lipinski definition) is 1. The van der Waals surface area contributed by atoms with E-state index in [-0.39, 0.29) is 5.60 Å². The van der Waals surface area contributed by atoms with Gasteiger partial charge in [-0.05, 0) is 45.1 Å². The van der Waals surface area contributed by atoms with Gasteiger partial charge in [-0.25, -0.2) is 0 Å². The van der Waals surface area contributed by atoms with Crippen molar-refractivity contribution in [2.45, 2.75) is 75.1 Å². The highest BCUT2D eigenvalue weighted by Crippen LogP contribution is 2.36. The summed E-state index contributed by atoms with van der Waals surface area (Å²) in [6.07, 6.45) is 10.4. The average Bonchev–Trinajstić information content (AvgIpc) is 3.26. The number of likely N-dealkylation sites (tertiary alicyclic amines) is 1. The number of piperidine rings is 1. The van der Waals surface area contributed by atoms with Gasteiger partial charge in [-0.15, -0.1) is 0 Å². The van der Waals surface area contributed by atoms with Crippen LogP contribution >= 0.6 is 0 Å². The van der Waals surface area contributed by atoms with E-state index in [2.05, 4.69) is 10.2 Å². The molecule has 0 aromatic heterocycles. The first-order valence-corrected chi connectivity index (χ1v) is 9.06. The van der Waals surface area contributed by atoms with Crippen molar-refractivity contribution in [3.05, 3.63) is 0 Å². The maximum absolute atomic E-state index is 6.12. The highest BCUT2D eigenvalue weighted by molar-refractivity contribution is 4.96. The van der Waals surface area contributed by atoms with Gasteiger partial charge in [0.05, 0.1) is 12.2 Å². The number of nitrogens with zero attached hydrogens (tertiary/aromatic N) is 1. The molecule has 1 N–H and O–H groups in total. The molecule has 1 spiro atoms. The zero-order chi connectivity index (χ0) is 14.1. The van der Waals surface area contributed by atoms with Crippen molar-refractivity contribution < 1.29 is 9.47 Å². The van der Waals surface area contributed by atoms with E-state index in [0.29, 0.717) is 6.04 Å². The van der Waals surface area contributed by atoms with Crippen LogP contribution in [0.4, 0.5) is 0 Å². The third-order valence-electron chi connectivity index (χ3n) is 5.90. The van der Waals surface area contributed by atoms with Crippen molar-refractivity contribution >= 4 is 0 Å². The Morgan fingerprint density at radius 2 is 2.05 bits per heavy atom. The van der Waals surface area contributed by atoms with Crippen LogP contribution in [0.3, 0.4) is 0 Å². The van der Waals surface area contributed by atoms with E-state index in [1.54, 1.807) is 0 Å². The molecule has 3 aliphatic heterocycles. The van der Waals surface area contributed by atoms with Gasteiger partial charge in [-0.2, -0.15) is 0 Å². The predicted molar refractivity (Wildman–Crippen MR) is 82.5 cm³/mol. The number of ether oxygens (including phenoxy) is 2. The standard InChI is InChI=1S/C17H30N2O2/c1-2-8-19(16(3-1)12-18-14-4-5-14)15-6-9-21-17(11-15)7-10-20-13-17/h14-16,18H,1-13H2. The lowest BCUT2D eigenvalue weighted by atomic mass is 9.86. The monoisotopic (exact) mass is 294 g/mol. The second-order valence-corrected chi connectivity index (χ2v) is 7.55. The average molecular weight is 294 g/mol. The summed E-state index contributed by atoms with van der Waals surface area (Å²) >= 11 is 0. The number of nitrogens with one attached hydrogen (secondary N) is 1. The zero-order valence-corrected chi connectivity index (χ0v) is 13.2. The summed E-state index contributed by atoms with van der Waals surface area (Å²) < 4.78 is 11.8. The predicted octanol–water partition coefficient (Wildman–Crippen LogP) is 1.93. The molecule has 4 nitrogen and oxygen atoms in total. The molecule has 3 unspecified atom stereocenters. The fraction of sp³-hybridized carbons (Fsp3) is 1.00. The minimum Gasteiger partial charge on any atom is -0.378 e. The van der Waals surface area contributed by atoms with Crippen molar-refractivity contribution in [3.63, 3.8) is 0 Å². The topological polar surface area (TPSA) is 33.7 Å². The van der Waals surface area contributed by atoms with E-state index in [4.69, 9.17) is 9.47 Å². The van der Waals surface area contributed by atoms with Gasteiger partial charge in [-0.3, -0.25) is 4.90 Å². The van der Waals surface area contributed by atoms with E-state index in [1.165, 1.54) is 58.0 Å². The van der Waals surface area contributed by atoms with Crippen LogP contribution in [0.25, 0.3) is 0 Å². The smallest absolute Gasteiger partial charge is 0.0951 e. The highest BCUT2D eigenvalue weighted by atomic mass is 16.6. The maximum Gasteiger partial charge on any atom is 0.0951 e. The lowest BCUT2D eigenvalue weighted by molar-refractivity contribution is -0.113. The van der Waals surface area contributed by atoms with Crippen LogP contribution in [0, 0.1) is 0 Å². The van der Waals surface area contributed by atoms with Gasteiger partial charge in [0.2, 0.25) is 0 Å². The summed E-state index contributed by atoms with van der Waals surface area (Å²) in [5, 5.41) is 3.76. The van der Waals surface area contributed by atoms with Crippen LogP contribution in [0.1, 0.15) is 51.4 Å². The number of rotatable bonds is 4. The van der Waals surface area contributed by atoms with Crippen molar-refractivity contribution in [2.24, 2.45) is 0 Å². The Bertz CT molecular complexity index is 353. The molecular formula is C17H30N2O2. The van der Waals surface area contributed by atoms with Gasteiger partial charge < -0.3 is 14.8 Å². The minimum atomic E-state index is 0.0504. The molecule has 120 valence electrons. The van der Waals surface area contributed by atoms with E-state index in [9.17, 15) is 0 Å². The Labute approximate surface area is 128 Å². The van der Waals surface area contributed by atoms with E-state index in [1.807, 2.05) is 0 Å². The molecule has 3 saturated heterocycles. The second-order valence-electron chi connectivity index (χ2n) is 7.55. The van der Waals surface area contributed by atoms with E-state index >= 15 is 0 Å². The van der Waals surface area contributed by atoms with Crippen molar-refractivity contribution in [3.8, 4) is 0 Å². The van der Waals surface area contributed by atoms with Gasteiger partial charge in [0, 0.05) is 44.3 Å². The van der Waals surface area contributed by atoms with Gasteiger partial charge >= 0.3 is 0 Å². The first-order valence-electron chi connectivity index (χ1n) is 9.06. The molecule has 0 radical (unpaired) electrons. The molecule has 4 heteroatoms. The molecular weight excluding hydrogens is 264 g/mol. The van der Waals surface area contributed by atoms with Gasteiger partial charge in [-0.1, -0.05) is 6.42 Å². The largest absolute Gasteiger partial charge is 0.378 e. The van der Waals surface area contributed by atoms with Crippen molar-refractivity contribution in [2.75, 3.05) is 32.9 Å². The molecule has 0 amide bonds. The van der Waals surface area contributed by atoms with Gasteiger partial charge in [0.15, 0.2) is 0 Å². The SMILES string of the molecule is C1CCN(C2CCOC3(CCOC3)C2)C(CNC2CC2)C1. The Morgan fingerprint density at radius 1 is 1.10 bits per heavy atom. The zero-order valence-electron chi connectivity index (χ0n) is 13.2. The molecule has 4 aliphatic rings. The molecule has 21 heavy (non-hydrogen) atoms. The quantitative estimate of drug-likeness (QED) is 0.859. The minimum absolute atomic E-state index is 0.0504. The molecule has 3 atom stereocenters. The lowest BCUT2D eigenvalue weighted by Gasteiger charge is -2.47. The summed E-state index contributed by atoms with van der Waals surface area (Å²) in [4.78, 5) is 2.82. The lowest BCUT2D eigenvalue weighted by Crippen LogP contribution is -2.55. The first-order chi connectivity index (χ1) is 10.3. The molecule has 3 heterocycles. The third-order valence-corrected chi connectivity index (χ3v) is 5.90. The van der Waals surface area contributed by atoms with Crippen LogP contribution in [0.5, 0.6) is 0 Å². The number of hydrogen-bond acceptors (Lipinski definition) is 4. The summed E-state index contributed by atoms with van der Waals surface area (Å²) in [6, 6.07) is 2.30. The summed E-state index contributed by atoms with van der Waals surface area (Å²) in [5.74, 6) is 0. The summed E-state index contributed by atoms with van der Waals surface area (Å²) in [7, 11) is 0. The second kappa shape index (κ2) is 6.15. The van der Waals surface area contributed by atoms with Crippen LogP contribution in [0.2, 0.25) is 0 Å². The molecule has 0 aromatic carbocycles. The van der Waals surface area contributed by atoms with Crippen LogP contribution < -0.4 is 5.32 Å². The highest BCUT2D eigenvalue weighted by Gasteiger charge is 2.43. The van der Waals surface area contributed by atoms with Crippen molar-refractivity contribution in [1.29, 1.82) is 0 Å². The summed E-state index contributed by atoms with van der Waals surface area (Å²) in [6.45, 7) is 5.12. The van der Waals surface area contributed by atoms with Crippen LogP contribution in [-0.4, -0.2) is 61.5 Å². The maximum atomic E-state index is 6.12. The van der Waals surface area contributed by atoms with Crippen LogP contribution in [-0.2, 0) is 9.47 Å². The summed E-state index contributed by atoms with van der Waals surface area (Å²) in [5.41, 5.74) is 0.0504. The third kappa shape index (κ3) is 3.29. The molecule has 0 bridgehead atoms. The molecule has 4 rings (SSSR count). The Morgan fingerprint density at radius 3 is 2.86 bits per heavy atom. The van der Waals surface area contributed by atoms with E-state index < -0.39 is 0 Å². The van der Waals surface area contributed by atoms with E-state index in [0.717, 1.165) is 38.3 Å². The van der Waals surface area contributed by atoms with Gasteiger partial charge in [0.25, 0.3) is 0 Å². The molecule has 1 aliphatic carbocycles. The van der Waals surface area contributed by atoms with Crippen molar-refractivity contribution in [1.82, 2.24) is 10.2 Å². The fourth-order valence-electron chi connectivity index (χ4n) is 4.46. The molecule has 0 aromatic rings. The van der Waals surface area contributed by atoms with Gasteiger partial charge in [0.1, 0.15) is 0 Å². The Hall–Kier alpha value is -0.160. The molecule has 1 saturated carbocycles. The normalized spacial score (nSPS) is 41.7. The first kappa shape index (κ1) is 14.4.